The predicted molar refractivity (Wildman–Crippen MR) is 70.2 cm³/mol. The summed E-state index contributed by atoms with van der Waals surface area (Å²) in [6.07, 6.45) is 0. The Morgan fingerprint density at radius 1 is 1.32 bits per heavy atom. The van der Waals surface area contributed by atoms with Gasteiger partial charge in [-0.25, -0.2) is 4.39 Å². The summed E-state index contributed by atoms with van der Waals surface area (Å²) in [5.41, 5.74) is 1.34. The zero-order valence-electron chi connectivity index (χ0n) is 10.0. The van der Waals surface area contributed by atoms with Crippen molar-refractivity contribution in [1.29, 1.82) is 0 Å². The van der Waals surface area contributed by atoms with E-state index in [2.05, 4.69) is 9.97 Å². The molecule has 2 heterocycles. The van der Waals surface area contributed by atoms with Gasteiger partial charge in [0.2, 0.25) is 0 Å². The van der Waals surface area contributed by atoms with Crippen molar-refractivity contribution in [2.75, 3.05) is 26.3 Å². The lowest BCUT2D eigenvalue weighted by Crippen LogP contribution is -2.40. The van der Waals surface area contributed by atoms with E-state index < -0.39 is 5.82 Å². The van der Waals surface area contributed by atoms with E-state index in [4.69, 9.17) is 17.0 Å². The van der Waals surface area contributed by atoms with Crippen LogP contribution in [0.3, 0.4) is 0 Å². The number of imidazole rings is 1. The van der Waals surface area contributed by atoms with Gasteiger partial charge in [0.1, 0.15) is 5.82 Å². The van der Waals surface area contributed by atoms with E-state index in [1.807, 2.05) is 0 Å². The molecule has 1 aliphatic heterocycles. The summed E-state index contributed by atoms with van der Waals surface area (Å²) in [5, 5.41) is 0. The summed E-state index contributed by atoms with van der Waals surface area (Å²) >= 11 is 4.98. The van der Waals surface area contributed by atoms with Gasteiger partial charge in [-0.2, -0.15) is 0 Å². The van der Waals surface area contributed by atoms with Crippen LogP contribution >= 0.6 is 12.2 Å². The zero-order chi connectivity index (χ0) is 13.4. The third-order valence-electron chi connectivity index (χ3n) is 3.12. The number of aromatic amines is 2. The second kappa shape index (κ2) is 4.75. The summed E-state index contributed by atoms with van der Waals surface area (Å²) in [4.78, 5) is 19.8. The number of amides is 1. The standard InChI is InChI=1S/C12H12FN3O2S/c13-7-5-8(10-9(6-7)14-12(19)15-10)11(17)16-1-3-18-4-2-16/h5-6H,1-4H2,(H2,14,15,19). The molecule has 19 heavy (non-hydrogen) atoms. The number of hydrogen-bond acceptors (Lipinski definition) is 3. The molecule has 0 saturated carbocycles. The lowest BCUT2D eigenvalue weighted by Gasteiger charge is -2.27. The third kappa shape index (κ3) is 2.26. The van der Waals surface area contributed by atoms with Gasteiger partial charge >= 0.3 is 0 Å². The van der Waals surface area contributed by atoms with Crippen molar-refractivity contribution in [1.82, 2.24) is 14.9 Å². The van der Waals surface area contributed by atoms with E-state index in [1.54, 1.807) is 4.90 Å². The van der Waals surface area contributed by atoms with Crippen LogP contribution < -0.4 is 0 Å². The number of aromatic nitrogens is 2. The van der Waals surface area contributed by atoms with E-state index in [9.17, 15) is 9.18 Å². The first kappa shape index (κ1) is 12.3. The highest BCUT2D eigenvalue weighted by atomic mass is 32.1. The van der Waals surface area contributed by atoms with Crippen LogP contribution in [-0.2, 0) is 4.74 Å². The molecule has 0 unspecified atom stereocenters. The number of halogens is 1. The van der Waals surface area contributed by atoms with E-state index >= 15 is 0 Å². The summed E-state index contributed by atoms with van der Waals surface area (Å²) in [7, 11) is 0. The number of hydrogen-bond donors (Lipinski definition) is 2. The van der Waals surface area contributed by atoms with E-state index in [1.165, 1.54) is 12.1 Å². The van der Waals surface area contributed by atoms with Crippen LogP contribution in [0.4, 0.5) is 4.39 Å². The molecule has 3 rings (SSSR count). The van der Waals surface area contributed by atoms with Crippen LogP contribution in [0, 0.1) is 10.6 Å². The average molecular weight is 281 g/mol. The first-order valence-electron chi connectivity index (χ1n) is 5.94. The van der Waals surface area contributed by atoms with Crippen molar-refractivity contribution in [3.05, 3.63) is 28.3 Å². The number of rotatable bonds is 1. The van der Waals surface area contributed by atoms with Gasteiger partial charge in [0.25, 0.3) is 5.91 Å². The summed E-state index contributed by atoms with van der Waals surface area (Å²) < 4.78 is 19.1. The molecule has 1 aliphatic rings. The molecule has 100 valence electrons. The minimum atomic E-state index is -0.464. The molecule has 0 atom stereocenters. The van der Waals surface area contributed by atoms with Gasteiger partial charge < -0.3 is 19.6 Å². The SMILES string of the molecule is O=C(c1cc(F)cc2[nH]c(=S)[nH]c12)N1CCOCC1. The lowest BCUT2D eigenvalue weighted by atomic mass is 10.1. The highest BCUT2D eigenvalue weighted by Crippen LogP contribution is 2.20. The fourth-order valence-corrected chi connectivity index (χ4v) is 2.42. The zero-order valence-corrected chi connectivity index (χ0v) is 10.8. The lowest BCUT2D eigenvalue weighted by molar-refractivity contribution is 0.0304. The number of ether oxygens (including phenoxy) is 1. The number of nitrogens with one attached hydrogen (secondary N) is 2. The number of benzene rings is 1. The molecule has 5 nitrogen and oxygen atoms in total. The summed E-state index contributed by atoms with van der Waals surface area (Å²) in [6, 6.07) is 2.55. The van der Waals surface area contributed by atoms with Gasteiger partial charge in [-0.15, -0.1) is 0 Å². The van der Waals surface area contributed by atoms with Crippen LogP contribution in [0.25, 0.3) is 11.0 Å². The van der Waals surface area contributed by atoms with E-state index in [-0.39, 0.29) is 5.91 Å². The van der Waals surface area contributed by atoms with Crippen molar-refractivity contribution in [3.8, 4) is 0 Å². The second-order valence-electron chi connectivity index (χ2n) is 4.36. The van der Waals surface area contributed by atoms with Crippen molar-refractivity contribution >= 4 is 29.2 Å². The molecule has 1 fully saturated rings. The van der Waals surface area contributed by atoms with E-state index in [0.717, 1.165) is 0 Å². The number of carbonyl (C=O) groups excluding carboxylic acids is 1. The van der Waals surface area contributed by atoms with Crippen LogP contribution in [0.2, 0.25) is 0 Å². The van der Waals surface area contributed by atoms with E-state index in [0.29, 0.717) is 47.7 Å². The second-order valence-corrected chi connectivity index (χ2v) is 4.77. The van der Waals surface area contributed by atoms with Crippen LogP contribution in [0.15, 0.2) is 12.1 Å². The smallest absolute Gasteiger partial charge is 0.256 e. The van der Waals surface area contributed by atoms with Crippen molar-refractivity contribution in [2.24, 2.45) is 0 Å². The van der Waals surface area contributed by atoms with Crippen molar-refractivity contribution < 1.29 is 13.9 Å². The van der Waals surface area contributed by atoms with Gasteiger partial charge in [0.15, 0.2) is 4.77 Å². The maximum atomic E-state index is 13.6. The predicted octanol–water partition coefficient (Wildman–Crippen LogP) is 1.84. The van der Waals surface area contributed by atoms with Gasteiger partial charge in [0, 0.05) is 13.1 Å². The molecule has 1 aromatic heterocycles. The molecular weight excluding hydrogens is 269 g/mol. The molecule has 2 aromatic rings. The number of H-pyrrole nitrogens is 2. The Balaban J connectivity index is 2.07. The van der Waals surface area contributed by atoms with Crippen LogP contribution in [0.5, 0.6) is 0 Å². The van der Waals surface area contributed by atoms with Gasteiger partial charge in [-0.05, 0) is 24.4 Å². The quantitative estimate of drug-likeness (QED) is 0.784. The van der Waals surface area contributed by atoms with Gasteiger partial charge in [0.05, 0.1) is 29.8 Å². The maximum absolute atomic E-state index is 13.6. The average Bonchev–Trinajstić information content (AvgIpc) is 2.78. The normalized spacial score (nSPS) is 15.9. The molecule has 2 N–H and O–H groups in total. The van der Waals surface area contributed by atoms with Gasteiger partial charge in [-0.3, -0.25) is 4.79 Å². The topological polar surface area (TPSA) is 61.1 Å². The Morgan fingerprint density at radius 2 is 2.05 bits per heavy atom. The molecule has 1 amide bonds. The minimum absolute atomic E-state index is 0.210. The van der Waals surface area contributed by atoms with Crippen LogP contribution in [0.1, 0.15) is 10.4 Å². The Morgan fingerprint density at radius 3 is 2.79 bits per heavy atom. The van der Waals surface area contributed by atoms with Crippen LogP contribution in [-0.4, -0.2) is 47.1 Å². The number of carbonyl (C=O) groups is 1. The summed E-state index contributed by atoms with van der Waals surface area (Å²) in [6.45, 7) is 2.05. The number of nitrogens with zero attached hydrogens (tertiary/aromatic N) is 1. The molecule has 7 heteroatoms. The Hall–Kier alpha value is -1.73. The Bertz CT molecular complexity index is 688. The fraction of sp³-hybridized carbons (Fsp3) is 0.333. The summed E-state index contributed by atoms with van der Waals surface area (Å²) in [5.74, 6) is -0.674. The Kier molecular flexibility index (Phi) is 3.08. The maximum Gasteiger partial charge on any atom is 0.256 e. The molecule has 0 bridgehead atoms. The molecule has 0 radical (unpaired) electrons. The first-order valence-corrected chi connectivity index (χ1v) is 6.34. The molecular formula is C12H12FN3O2S. The van der Waals surface area contributed by atoms with Gasteiger partial charge in [-0.1, -0.05) is 0 Å². The first-order chi connectivity index (χ1) is 9.15. The highest BCUT2D eigenvalue weighted by Gasteiger charge is 2.22. The van der Waals surface area contributed by atoms with Crippen molar-refractivity contribution in [2.45, 2.75) is 0 Å². The Labute approximate surface area is 113 Å². The minimum Gasteiger partial charge on any atom is -0.378 e. The fourth-order valence-electron chi connectivity index (χ4n) is 2.21. The van der Waals surface area contributed by atoms with Crippen molar-refractivity contribution in [3.63, 3.8) is 0 Å². The largest absolute Gasteiger partial charge is 0.378 e. The molecule has 0 spiro atoms. The third-order valence-corrected chi connectivity index (χ3v) is 3.32. The molecule has 0 aliphatic carbocycles. The number of morpholine rings is 1. The molecule has 1 saturated heterocycles. The molecule has 1 aromatic carbocycles. The number of fused-ring (bicyclic) bond motifs is 1. The highest BCUT2D eigenvalue weighted by molar-refractivity contribution is 7.71. The monoisotopic (exact) mass is 281 g/mol.